The molecule has 1 rings (SSSR count). The number of hydrogen-bond acceptors (Lipinski definition) is 4. The van der Waals surface area contributed by atoms with E-state index in [0.29, 0.717) is 5.25 Å². The van der Waals surface area contributed by atoms with Crippen LogP contribution in [-0.2, 0) is 12.3 Å². The molecule has 0 fully saturated rings. The van der Waals surface area contributed by atoms with Gasteiger partial charge in [0.05, 0.1) is 11.8 Å². The van der Waals surface area contributed by atoms with Crippen LogP contribution < -0.4 is 0 Å². The summed E-state index contributed by atoms with van der Waals surface area (Å²) in [5, 5.41) is 22.6. The first kappa shape index (κ1) is 11.9. The molecule has 0 spiro atoms. The Balaban J connectivity index is 2.56. The molecule has 4 nitrogen and oxygen atoms in total. The predicted octanol–water partition coefficient (Wildman–Crippen LogP) is 2.14. The maximum atomic E-state index is 9.42. The van der Waals surface area contributed by atoms with Crippen LogP contribution in [-0.4, -0.2) is 20.1 Å². The van der Waals surface area contributed by atoms with Crippen molar-refractivity contribution in [2.24, 2.45) is 0 Å². The van der Waals surface area contributed by atoms with E-state index in [1.54, 1.807) is 17.8 Å². The van der Waals surface area contributed by atoms with Crippen molar-refractivity contribution >= 4 is 11.8 Å². The Morgan fingerprint density at radius 1 is 1.73 bits per heavy atom. The fourth-order valence-corrected chi connectivity index (χ4v) is 1.89. The van der Waals surface area contributed by atoms with E-state index < -0.39 is 0 Å². The average molecular weight is 225 g/mol. The summed E-state index contributed by atoms with van der Waals surface area (Å²) in [6.07, 6.45) is 1.12. The molecule has 0 saturated heterocycles. The van der Waals surface area contributed by atoms with Gasteiger partial charge in [-0.15, -0.1) is 0 Å². The van der Waals surface area contributed by atoms with Crippen molar-refractivity contribution in [3.63, 3.8) is 0 Å². The summed E-state index contributed by atoms with van der Waals surface area (Å²) in [5.41, 5.74) is 0.827. The third kappa shape index (κ3) is 3.48. The van der Waals surface area contributed by atoms with Gasteiger partial charge in [-0.05, 0) is 6.42 Å². The molecule has 82 valence electrons. The van der Waals surface area contributed by atoms with E-state index >= 15 is 0 Å². The minimum Gasteiger partial charge on any atom is -0.493 e. The summed E-state index contributed by atoms with van der Waals surface area (Å²) in [4.78, 5) is 0. The van der Waals surface area contributed by atoms with Gasteiger partial charge in [0.15, 0.2) is 0 Å². The lowest BCUT2D eigenvalue weighted by Crippen LogP contribution is -1.99. The molecule has 5 heteroatoms. The predicted molar refractivity (Wildman–Crippen MR) is 60.6 cm³/mol. The van der Waals surface area contributed by atoms with E-state index in [1.165, 1.54) is 4.68 Å². The lowest BCUT2D eigenvalue weighted by Gasteiger charge is -2.05. The molecule has 0 aliphatic heterocycles. The highest BCUT2D eigenvalue weighted by Gasteiger charge is 2.07. The highest BCUT2D eigenvalue weighted by atomic mass is 32.2. The van der Waals surface area contributed by atoms with Crippen LogP contribution in [0.1, 0.15) is 26.0 Å². The molecule has 0 aliphatic carbocycles. The van der Waals surface area contributed by atoms with Crippen molar-refractivity contribution in [3.05, 3.63) is 11.8 Å². The van der Waals surface area contributed by atoms with Crippen LogP contribution in [0.3, 0.4) is 0 Å². The number of nitrogens with zero attached hydrogens (tertiary/aromatic N) is 3. The molecule has 0 bridgehead atoms. The standard InChI is InChI=1S/C10H15N3OS/c1-3-8(2)15-7-9-6-10(14)13(12-9)5-4-11/h6,8,14H,3,5,7H2,1-2H3. The third-order valence-electron chi connectivity index (χ3n) is 2.12. The summed E-state index contributed by atoms with van der Waals surface area (Å²) in [5.74, 6) is 0.845. The molecule has 15 heavy (non-hydrogen) atoms. The molecule has 0 aromatic carbocycles. The van der Waals surface area contributed by atoms with Crippen molar-refractivity contribution in [2.45, 2.75) is 37.8 Å². The topological polar surface area (TPSA) is 61.8 Å². The zero-order valence-corrected chi connectivity index (χ0v) is 9.79. The van der Waals surface area contributed by atoms with Gasteiger partial charge in [0.25, 0.3) is 0 Å². The minimum absolute atomic E-state index is 0.0660. The first-order chi connectivity index (χ1) is 7.17. The normalized spacial score (nSPS) is 12.3. The zero-order valence-electron chi connectivity index (χ0n) is 8.97. The first-order valence-corrected chi connectivity index (χ1v) is 5.96. The molecular weight excluding hydrogens is 210 g/mol. The zero-order chi connectivity index (χ0) is 11.3. The molecular formula is C10H15N3OS. The van der Waals surface area contributed by atoms with Gasteiger partial charge in [-0.3, -0.25) is 0 Å². The van der Waals surface area contributed by atoms with Crippen molar-refractivity contribution < 1.29 is 5.11 Å². The molecule has 0 amide bonds. The summed E-state index contributed by atoms with van der Waals surface area (Å²) in [6, 6.07) is 3.57. The third-order valence-corrected chi connectivity index (χ3v) is 3.49. The van der Waals surface area contributed by atoms with Crippen LogP contribution in [0, 0.1) is 11.3 Å². The van der Waals surface area contributed by atoms with E-state index in [-0.39, 0.29) is 12.4 Å². The van der Waals surface area contributed by atoms with E-state index in [4.69, 9.17) is 5.26 Å². The molecule has 0 radical (unpaired) electrons. The van der Waals surface area contributed by atoms with Gasteiger partial charge in [0.1, 0.15) is 6.54 Å². The highest BCUT2D eigenvalue weighted by Crippen LogP contribution is 2.21. The molecule has 0 saturated carbocycles. The number of thioether (sulfide) groups is 1. The molecule has 1 unspecified atom stereocenters. The highest BCUT2D eigenvalue weighted by molar-refractivity contribution is 7.99. The maximum absolute atomic E-state index is 9.42. The summed E-state index contributed by atoms with van der Waals surface area (Å²) in [7, 11) is 0. The smallest absolute Gasteiger partial charge is 0.210 e. The fourth-order valence-electron chi connectivity index (χ4n) is 1.06. The van der Waals surface area contributed by atoms with Gasteiger partial charge in [-0.2, -0.15) is 22.1 Å². The largest absolute Gasteiger partial charge is 0.493 e. The Morgan fingerprint density at radius 3 is 3.07 bits per heavy atom. The second kappa shape index (κ2) is 5.66. The molecule has 1 N–H and O–H groups in total. The molecule has 1 aromatic heterocycles. The summed E-state index contributed by atoms with van der Waals surface area (Å²) < 4.78 is 1.31. The Kier molecular flexibility index (Phi) is 4.50. The monoisotopic (exact) mass is 225 g/mol. The number of aromatic nitrogens is 2. The molecule has 1 heterocycles. The molecule has 1 atom stereocenters. The second-order valence-electron chi connectivity index (χ2n) is 3.34. The first-order valence-electron chi connectivity index (χ1n) is 4.91. The quantitative estimate of drug-likeness (QED) is 0.834. The van der Waals surface area contributed by atoms with Gasteiger partial charge in [-0.25, -0.2) is 4.68 Å². The van der Waals surface area contributed by atoms with Crippen LogP contribution in [0.4, 0.5) is 0 Å². The SMILES string of the molecule is CCC(C)SCc1cc(O)n(CC#N)n1. The van der Waals surface area contributed by atoms with Crippen LogP contribution in [0.5, 0.6) is 5.88 Å². The van der Waals surface area contributed by atoms with Gasteiger partial charge in [0.2, 0.25) is 5.88 Å². The minimum atomic E-state index is 0.0660. The van der Waals surface area contributed by atoms with Crippen molar-refractivity contribution in [3.8, 4) is 11.9 Å². The summed E-state index contributed by atoms with van der Waals surface area (Å²) in [6.45, 7) is 4.40. The molecule has 1 aromatic rings. The Labute approximate surface area is 93.9 Å². The van der Waals surface area contributed by atoms with E-state index in [9.17, 15) is 5.11 Å². The fraction of sp³-hybridized carbons (Fsp3) is 0.600. The van der Waals surface area contributed by atoms with Gasteiger partial charge >= 0.3 is 0 Å². The average Bonchev–Trinajstić information content (AvgIpc) is 2.57. The van der Waals surface area contributed by atoms with Crippen LogP contribution in [0.15, 0.2) is 6.07 Å². The Morgan fingerprint density at radius 2 is 2.47 bits per heavy atom. The molecule has 0 aliphatic rings. The lowest BCUT2D eigenvalue weighted by atomic mass is 10.4. The van der Waals surface area contributed by atoms with Gasteiger partial charge in [0, 0.05) is 17.1 Å². The number of aromatic hydroxyl groups is 1. The van der Waals surface area contributed by atoms with Gasteiger partial charge in [-0.1, -0.05) is 13.8 Å². The van der Waals surface area contributed by atoms with Gasteiger partial charge < -0.3 is 5.11 Å². The number of nitriles is 1. The van der Waals surface area contributed by atoms with Crippen LogP contribution in [0.2, 0.25) is 0 Å². The summed E-state index contributed by atoms with van der Waals surface area (Å²) >= 11 is 1.80. The number of rotatable bonds is 5. The van der Waals surface area contributed by atoms with Crippen molar-refractivity contribution in [1.29, 1.82) is 5.26 Å². The maximum Gasteiger partial charge on any atom is 0.210 e. The van der Waals surface area contributed by atoms with E-state index in [0.717, 1.165) is 17.9 Å². The lowest BCUT2D eigenvalue weighted by molar-refractivity contribution is 0.412. The Bertz CT molecular complexity index is 356. The van der Waals surface area contributed by atoms with E-state index in [1.807, 2.05) is 6.07 Å². The van der Waals surface area contributed by atoms with E-state index in [2.05, 4.69) is 18.9 Å². The Hall–Kier alpha value is -1.15. The van der Waals surface area contributed by atoms with Crippen LogP contribution >= 0.6 is 11.8 Å². The van der Waals surface area contributed by atoms with Crippen molar-refractivity contribution in [1.82, 2.24) is 9.78 Å². The van der Waals surface area contributed by atoms with Crippen LogP contribution in [0.25, 0.3) is 0 Å². The van der Waals surface area contributed by atoms with Crippen molar-refractivity contribution in [2.75, 3.05) is 0 Å². The number of hydrogen-bond donors (Lipinski definition) is 1. The second-order valence-corrected chi connectivity index (χ2v) is 4.77.